The summed E-state index contributed by atoms with van der Waals surface area (Å²) in [7, 11) is 0. The average molecular weight is 261 g/mol. The van der Waals surface area contributed by atoms with Gasteiger partial charge in [0.05, 0.1) is 5.75 Å². The number of hydrogen-bond acceptors (Lipinski definition) is 5. The number of carbonyl (C=O) groups excluding carboxylic acids is 1. The molecule has 7 heteroatoms. The molecule has 5 nitrogen and oxygen atoms in total. The molecule has 0 aliphatic carbocycles. The Morgan fingerprint density at radius 2 is 2.38 bits per heavy atom. The molecule has 0 aliphatic rings. The minimum atomic E-state index is -1.12. The predicted octanol–water partition coefficient (Wildman–Crippen LogP) is 1.11. The van der Waals surface area contributed by atoms with Crippen molar-refractivity contribution in [1.29, 1.82) is 0 Å². The number of carboxylic acids is 1. The van der Waals surface area contributed by atoms with E-state index in [-0.39, 0.29) is 11.7 Å². The fourth-order valence-corrected chi connectivity index (χ4v) is 2.50. The molecule has 0 fully saturated rings. The van der Waals surface area contributed by atoms with Gasteiger partial charge in [0.2, 0.25) is 0 Å². The van der Waals surface area contributed by atoms with Gasteiger partial charge in [0.15, 0.2) is 6.61 Å². The van der Waals surface area contributed by atoms with Crippen LogP contribution in [0, 0.1) is 0 Å². The van der Waals surface area contributed by atoms with E-state index < -0.39 is 12.6 Å². The van der Waals surface area contributed by atoms with Gasteiger partial charge >= 0.3 is 5.97 Å². The molecule has 0 aliphatic heterocycles. The Bertz CT molecular complexity index is 339. The first kappa shape index (κ1) is 13.0. The summed E-state index contributed by atoms with van der Waals surface area (Å²) in [4.78, 5) is 26.8. The Labute approximate surface area is 101 Å². The second kappa shape index (κ2) is 7.26. The van der Waals surface area contributed by atoms with Crippen LogP contribution in [-0.2, 0) is 20.2 Å². The van der Waals surface area contributed by atoms with Crippen molar-refractivity contribution in [3.8, 4) is 0 Å². The molecule has 16 heavy (non-hydrogen) atoms. The molecule has 88 valence electrons. The van der Waals surface area contributed by atoms with Crippen molar-refractivity contribution in [3.05, 3.63) is 22.4 Å². The van der Waals surface area contributed by atoms with Crippen LogP contribution in [0.15, 0.2) is 17.5 Å². The molecule has 0 bridgehead atoms. The maximum Gasteiger partial charge on any atom is 0.332 e. The maximum absolute atomic E-state index is 11.1. The number of nitrogens with one attached hydrogen (secondary N) is 1. The van der Waals surface area contributed by atoms with E-state index in [0.29, 0.717) is 0 Å². The highest BCUT2D eigenvalue weighted by atomic mass is 32.2. The number of aliphatic carboxylic acids is 1. The first-order valence-electron chi connectivity index (χ1n) is 4.41. The summed E-state index contributed by atoms with van der Waals surface area (Å²) >= 11 is 3.08. The number of thiophene rings is 1. The standard InChI is InChI=1S/C9H11NO4S2/c11-8(10-14-4-9(12)13)6-15-5-7-2-1-3-16-7/h1-3H,4-6H2,(H,10,11)(H,12,13). The molecule has 0 aromatic carbocycles. The van der Waals surface area contributed by atoms with Crippen LogP contribution in [-0.4, -0.2) is 29.3 Å². The van der Waals surface area contributed by atoms with Gasteiger partial charge in [-0.3, -0.25) is 9.63 Å². The van der Waals surface area contributed by atoms with E-state index >= 15 is 0 Å². The average Bonchev–Trinajstić information content (AvgIpc) is 2.70. The Hall–Kier alpha value is -1.05. The van der Waals surface area contributed by atoms with Gasteiger partial charge in [-0.05, 0) is 11.4 Å². The first-order chi connectivity index (χ1) is 7.68. The number of carbonyl (C=O) groups is 2. The topological polar surface area (TPSA) is 75.6 Å². The van der Waals surface area contributed by atoms with Crippen LogP contribution in [0.3, 0.4) is 0 Å². The lowest BCUT2D eigenvalue weighted by atomic mass is 10.5. The van der Waals surface area contributed by atoms with E-state index in [2.05, 4.69) is 10.3 Å². The zero-order chi connectivity index (χ0) is 11.8. The SMILES string of the molecule is O=C(O)CONC(=O)CSCc1cccs1. The van der Waals surface area contributed by atoms with Crippen molar-refractivity contribution in [1.82, 2.24) is 5.48 Å². The lowest BCUT2D eigenvalue weighted by Crippen LogP contribution is -2.28. The van der Waals surface area contributed by atoms with E-state index in [1.165, 1.54) is 16.6 Å². The number of hydrogen-bond donors (Lipinski definition) is 2. The normalized spacial score (nSPS) is 10.0. The summed E-state index contributed by atoms with van der Waals surface area (Å²) in [5, 5.41) is 10.2. The zero-order valence-electron chi connectivity index (χ0n) is 8.34. The molecule has 1 heterocycles. The van der Waals surface area contributed by atoms with Gasteiger partial charge in [-0.15, -0.1) is 23.1 Å². The summed E-state index contributed by atoms with van der Waals surface area (Å²) in [5.41, 5.74) is 2.06. The van der Waals surface area contributed by atoms with Crippen molar-refractivity contribution in [2.24, 2.45) is 0 Å². The van der Waals surface area contributed by atoms with Crippen LogP contribution in [0.2, 0.25) is 0 Å². The number of rotatable bonds is 7. The lowest BCUT2D eigenvalue weighted by Gasteiger charge is -2.02. The van der Waals surface area contributed by atoms with Crippen LogP contribution in [0.4, 0.5) is 0 Å². The second-order valence-corrected chi connectivity index (χ2v) is 4.80. The summed E-state index contributed by atoms with van der Waals surface area (Å²) in [6, 6.07) is 3.95. The fraction of sp³-hybridized carbons (Fsp3) is 0.333. The van der Waals surface area contributed by atoms with Gasteiger partial charge in [0, 0.05) is 10.6 Å². The second-order valence-electron chi connectivity index (χ2n) is 2.78. The fourth-order valence-electron chi connectivity index (χ4n) is 0.847. The highest BCUT2D eigenvalue weighted by Gasteiger charge is 2.03. The molecule has 0 saturated carbocycles. The predicted molar refractivity (Wildman–Crippen MR) is 62.2 cm³/mol. The Kier molecular flexibility index (Phi) is 5.91. The summed E-state index contributed by atoms with van der Waals surface area (Å²) < 4.78 is 0. The quantitative estimate of drug-likeness (QED) is 0.719. The molecule has 1 aromatic heterocycles. The number of carboxylic acid groups (broad SMARTS) is 1. The summed E-state index contributed by atoms with van der Waals surface area (Å²) in [6.45, 7) is -0.526. The molecule has 0 spiro atoms. The molecule has 0 radical (unpaired) electrons. The highest BCUT2D eigenvalue weighted by Crippen LogP contribution is 2.16. The zero-order valence-corrected chi connectivity index (χ0v) is 9.97. The molecule has 1 aromatic rings. The van der Waals surface area contributed by atoms with Gasteiger partial charge in [-0.25, -0.2) is 10.3 Å². The number of amides is 1. The molecule has 1 amide bonds. The Morgan fingerprint density at radius 1 is 1.56 bits per heavy atom. The largest absolute Gasteiger partial charge is 0.479 e. The van der Waals surface area contributed by atoms with Crippen molar-refractivity contribution in [2.45, 2.75) is 5.75 Å². The number of hydroxylamine groups is 1. The summed E-state index contributed by atoms with van der Waals surface area (Å²) in [6.07, 6.45) is 0. The van der Waals surface area contributed by atoms with E-state index in [1.54, 1.807) is 11.3 Å². The maximum atomic E-state index is 11.1. The molecule has 0 atom stereocenters. The Balaban J connectivity index is 2.04. The molecular formula is C9H11NO4S2. The van der Waals surface area contributed by atoms with E-state index in [4.69, 9.17) is 5.11 Å². The van der Waals surface area contributed by atoms with Gasteiger partial charge < -0.3 is 5.11 Å². The lowest BCUT2D eigenvalue weighted by molar-refractivity contribution is -0.148. The van der Waals surface area contributed by atoms with Gasteiger partial charge in [-0.1, -0.05) is 6.07 Å². The monoisotopic (exact) mass is 261 g/mol. The van der Waals surface area contributed by atoms with Crippen LogP contribution in [0.25, 0.3) is 0 Å². The minimum absolute atomic E-state index is 0.248. The third kappa shape index (κ3) is 5.74. The van der Waals surface area contributed by atoms with Gasteiger partial charge in [-0.2, -0.15) is 0 Å². The van der Waals surface area contributed by atoms with Crippen molar-refractivity contribution < 1.29 is 19.5 Å². The Morgan fingerprint density at radius 3 is 3.00 bits per heavy atom. The van der Waals surface area contributed by atoms with Crippen molar-refractivity contribution in [3.63, 3.8) is 0 Å². The van der Waals surface area contributed by atoms with Gasteiger partial charge in [0.25, 0.3) is 5.91 Å². The van der Waals surface area contributed by atoms with Gasteiger partial charge in [0.1, 0.15) is 0 Å². The smallest absolute Gasteiger partial charge is 0.332 e. The molecule has 1 rings (SSSR count). The third-order valence-electron chi connectivity index (χ3n) is 1.44. The summed E-state index contributed by atoms with van der Waals surface area (Å²) in [5.74, 6) is -0.434. The minimum Gasteiger partial charge on any atom is -0.479 e. The molecule has 2 N–H and O–H groups in total. The van der Waals surface area contributed by atoms with Crippen molar-refractivity contribution in [2.75, 3.05) is 12.4 Å². The molecule has 0 saturated heterocycles. The highest BCUT2D eigenvalue weighted by molar-refractivity contribution is 7.99. The molecular weight excluding hydrogens is 250 g/mol. The van der Waals surface area contributed by atoms with Crippen LogP contribution >= 0.6 is 23.1 Å². The van der Waals surface area contributed by atoms with Crippen LogP contribution in [0.1, 0.15) is 4.88 Å². The van der Waals surface area contributed by atoms with Crippen LogP contribution in [0.5, 0.6) is 0 Å². The van der Waals surface area contributed by atoms with E-state index in [0.717, 1.165) is 5.75 Å². The van der Waals surface area contributed by atoms with E-state index in [1.807, 2.05) is 17.5 Å². The van der Waals surface area contributed by atoms with Crippen LogP contribution < -0.4 is 5.48 Å². The van der Waals surface area contributed by atoms with E-state index in [9.17, 15) is 9.59 Å². The first-order valence-corrected chi connectivity index (χ1v) is 6.44. The van der Waals surface area contributed by atoms with Crippen molar-refractivity contribution >= 4 is 35.0 Å². The third-order valence-corrected chi connectivity index (χ3v) is 3.48. The number of thioether (sulfide) groups is 1. The molecule has 0 unspecified atom stereocenters.